The Bertz CT molecular complexity index is 621. The van der Waals surface area contributed by atoms with Crippen molar-refractivity contribution in [2.24, 2.45) is 0 Å². The minimum Gasteiger partial charge on any atom is -0.368 e. The first-order valence-electron chi connectivity index (χ1n) is 7.73. The van der Waals surface area contributed by atoms with Gasteiger partial charge in [0.15, 0.2) is 0 Å². The van der Waals surface area contributed by atoms with Gasteiger partial charge in [0.2, 0.25) is 11.9 Å². The van der Waals surface area contributed by atoms with Gasteiger partial charge in [0, 0.05) is 46.8 Å². The standard InChI is InChI=1S/C15H23N7S/c1-20(2)15-18-13(17-14(16)19-15)10-22-6-4-21(5-7-22)9-12-3-8-23-11-12/h3,8,11H,4-7,9-10H2,1-2H3,(H2,16,17,18,19). The third kappa shape index (κ3) is 4.37. The number of aromatic nitrogens is 3. The van der Waals surface area contributed by atoms with Crippen LogP contribution in [0.15, 0.2) is 16.8 Å². The third-order valence-electron chi connectivity index (χ3n) is 3.90. The molecule has 2 N–H and O–H groups in total. The smallest absolute Gasteiger partial charge is 0.229 e. The van der Waals surface area contributed by atoms with Crippen LogP contribution in [-0.2, 0) is 13.1 Å². The molecule has 0 atom stereocenters. The predicted molar refractivity (Wildman–Crippen MR) is 93.4 cm³/mol. The topological polar surface area (TPSA) is 74.4 Å². The molecular formula is C15H23N7S. The summed E-state index contributed by atoms with van der Waals surface area (Å²) in [7, 11) is 3.81. The lowest BCUT2D eigenvalue weighted by Gasteiger charge is -2.34. The van der Waals surface area contributed by atoms with Gasteiger partial charge in [-0.15, -0.1) is 0 Å². The number of nitrogens with two attached hydrogens (primary N) is 1. The van der Waals surface area contributed by atoms with E-state index in [1.165, 1.54) is 5.56 Å². The van der Waals surface area contributed by atoms with Crippen LogP contribution in [0, 0.1) is 0 Å². The van der Waals surface area contributed by atoms with Crippen molar-refractivity contribution in [2.45, 2.75) is 13.1 Å². The molecule has 1 aliphatic heterocycles. The van der Waals surface area contributed by atoms with Crippen molar-refractivity contribution in [1.29, 1.82) is 0 Å². The first kappa shape index (κ1) is 16.1. The molecule has 23 heavy (non-hydrogen) atoms. The summed E-state index contributed by atoms with van der Waals surface area (Å²) in [6, 6.07) is 2.20. The van der Waals surface area contributed by atoms with Gasteiger partial charge in [0.05, 0.1) is 6.54 Å². The Labute approximate surface area is 140 Å². The van der Waals surface area contributed by atoms with Crippen LogP contribution in [-0.4, -0.2) is 65.0 Å². The molecule has 0 amide bonds. The normalized spacial score (nSPS) is 16.6. The van der Waals surface area contributed by atoms with Gasteiger partial charge in [-0.2, -0.15) is 26.3 Å². The van der Waals surface area contributed by atoms with Gasteiger partial charge < -0.3 is 10.6 Å². The highest BCUT2D eigenvalue weighted by Gasteiger charge is 2.18. The molecule has 0 radical (unpaired) electrons. The fourth-order valence-electron chi connectivity index (χ4n) is 2.64. The zero-order chi connectivity index (χ0) is 16.2. The molecule has 3 heterocycles. The van der Waals surface area contributed by atoms with Gasteiger partial charge in [-0.3, -0.25) is 9.80 Å². The number of piperazine rings is 1. The number of hydrogen-bond acceptors (Lipinski definition) is 8. The molecule has 2 aromatic rings. The molecule has 1 fully saturated rings. The molecule has 0 spiro atoms. The molecule has 0 aromatic carbocycles. The van der Waals surface area contributed by atoms with E-state index in [0.717, 1.165) is 45.1 Å². The number of thiophene rings is 1. The summed E-state index contributed by atoms with van der Waals surface area (Å²) in [4.78, 5) is 19.6. The SMILES string of the molecule is CN(C)c1nc(N)nc(CN2CCN(Cc3ccsc3)CC2)n1. The first-order chi connectivity index (χ1) is 11.1. The lowest BCUT2D eigenvalue weighted by Crippen LogP contribution is -2.45. The van der Waals surface area contributed by atoms with Crippen molar-refractivity contribution in [3.8, 4) is 0 Å². The Balaban J connectivity index is 1.54. The zero-order valence-corrected chi connectivity index (χ0v) is 14.5. The Kier molecular flexibility index (Phi) is 5.04. The molecule has 7 nitrogen and oxygen atoms in total. The van der Waals surface area contributed by atoms with E-state index in [0.29, 0.717) is 5.95 Å². The summed E-state index contributed by atoms with van der Waals surface area (Å²) in [5, 5.41) is 4.36. The highest BCUT2D eigenvalue weighted by atomic mass is 32.1. The zero-order valence-electron chi connectivity index (χ0n) is 13.6. The Hall–Kier alpha value is -1.77. The van der Waals surface area contributed by atoms with Crippen molar-refractivity contribution < 1.29 is 0 Å². The number of anilines is 2. The van der Waals surface area contributed by atoms with Crippen LogP contribution in [0.25, 0.3) is 0 Å². The maximum Gasteiger partial charge on any atom is 0.229 e. The summed E-state index contributed by atoms with van der Waals surface area (Å²) >= 11 is 1.76. The van der Waals surface area contributed by atoms with Crippen LogP contribution in [0.5, 0.6) is 0 Å². The van der Waals surface area contributed by atoms with E-state index in [1.807, 2.05) is 19.0 Å². The Morgan fingerprint density at radius 3 is 2.39 bits per heavy atom. The highest BCUT2D eigenvalue weighted by molar-refractivity contribution is 7.07. The van der Waals surface area contributed by atoms with Crippen molar-refractivity contribution in [3.05, 3.63) is 28.2 Å². The molecule has 0 bridgehead atoms. The maximum absolute atomic E-state index is 5.79. The van der Waals surface area contributed by atoms with Gasteiger partial charge in [-0.05, 0) is 22.4 Å². The number of nitrogen functional groups attached to an aromatic ring is 1. The predicted octanol–water partition coefficient (Wildman–Crippen LogP) is 0.899. The minimum absolute atomic E-state index is 0.287. The van der Waals surface area contributed by atoms with Crippen molar-refractivity contribution in [2.75, 3.05) is 50.9 Å². The number of nitrogens with zero attached hydrogens (tertiary/aromatic N) is 6. The second kappa shape index (κ2) is 7.20. The van der Waals surface area contributed by atoms with Crippen molar-refractivity contribution in [1.82, 2.24) is 24.8 Å². The number of rotatable bonds is 5. The van der Waals surface area contributed by atoms with Gasteiger partial charge in [0.25, 0.3) is 0 Å². The van der Waals surface area contributed by atoms with Crippen molar-refractivity contribution >= 4 is 23.2 Å². The van der Waals surface area contributed by atoms with Crippen LogP contribution < -0.4 is 10.6 Å². The van der Waals surface area contributed by atoms with Crippen LogP contribution in [0.3, 0.4) is 0 Å². The quantitative estimate of drug-likeness (QED) is 0.871. The molecular weight excluding hydrogens is 310 g/mol. The molecule has 2 aromatic heterocycles. The van der Waals surface area contributed by atoms with E-state index in [9.17, 15) is 0 Å². The summed E-state index contributed by atoms with van der Waals surface area (Å²) in [6.07, 6.45) is 0. The van der Waals surface area contributed by atoms with E-state index >= 15 is 0 Å². The molecule has 0 unspecified atom stereocenters. The first-order valence-corrected chi connectivity index (χ1v) is 8.68. The van der Waals surface area contributed by atoms with Gasteiger partial charge in [-0.1, -0.05) is 0 Å². The summed E-state index contributed by atoms with van der Waals surface area (Å²) in [6.45, 7) is 5.94. The summed E-state index contributed by atoms with van der Waals surface area (Å²) in [5.41, 5.74) is 7.19. The molecule has 1 saturated heterocycles. The van der Waals surface area contributed by atoms with Crippen LogP contribution in [0.4, 0.5) is 11.9 Å². The van der Waals surface area contributed by atoms with E-state index in [1.54, 1.807) is 11.3 Å². The van der Waals surface area contributed by atoms with Crippen LogP contribution in [0.2, 0.25) is 0 Å². The average Bonchev–Trinajstić information content (AvgIpc) is 3.01. The van der Waals surface area contributed by atoms with Crippen LogP contribution in [0.1, 0.15) is 11.4 Å². The largest absolute Gasteiger partial charge is 0.368 e. The molecule has 3 rings (SSSR count). The Morgan fingerprint density at radius 1 is 1.09 bits per heavy atom. The van der Waals surface area contributed by atoms with Crippen LogP contribution >= 0.6 is 11.3 Å². The summed E-state index contributed by atoms with van der Waals surface area (Å²) in [5.74, 6) is 1.64. The second-order valence-corrected chi connectivity index (χ2v) is 6.77. The second-order valence-electron chi connectivity index (χ2n) is 5.99. The minimum atomic E-state index is 0.287. The molecule has 124 valence electrons. The fraction of sp³-hybridized carbons (Fsp3) is 0.533. The van der Waals surface area contributed by atoms with Crippen molar-refractivity contribution in [3.63, 3.8) is 0 Å². The molecule has 1 aliphatic rings. The van der Waals surface area contributed by atoms with E-state index in [-0.39, 0.29) is 5.95 Å². The monoisotopic (exact) mass is 333 g/mol. The number of hydrogen-bond donors (Lipinski definition) is 1. The van der Waals surface area contributed by atoms with E-state index < -0.39 is 0 Å². The lowest BCUT2D eigenvalue weighted by molar-refractivity contribution is 0.120. The van der Waals surface area contributed by atoms with E-state index in [4.69, 9.17) is 5.73 Å². The van der Waals surface area contributed by atoms with E-state index in [2.05, 4.69) is 41.6 Å². The lowest BCUT2D eigenvalue weighted by atomic mass is 10.2. The fourth-order valence-corrected chi connectivity index (χ4v) is 3.30. The van der Waals surface area contributed by atoms with Gasteiger partial charge in [-0.25, -0.2) is 0 Å². The average molecular weight is 333 g/mol. The molecule has 0 aliphatic carbocycles. The third-order valence-corrected chi connectivity index (χ3v) is 4.64. The summed E-state index contributed by atoms with van der Waals surface area (Å²) < 4.78 is 0. The molecule has 8 heteroatoms. The van der Waals surface area contributed by atoms with Gasteiger partial charge >= 0.3 is 0 Å². The molecule has 0 saturated carbocycles. The van der Waals surface area contributed by atoms with Gasteiger partial charge in [0.1, 0.15) is 5.82 Å². The Morgan fingerprint density at radius 2 is 1.78 bits per heavy atom. The highest BCUT2D eigenvalue weighted by Crippen LogP contribution is 2.13. The maximum atomic E-state index is 5.79.